The fourth-order valence-corrected chi connectivity index (χ4v) is 3.38. The lowest BCUT2D eigenvalue weighted by atomic mass is 10.0. The molecule has 1 saturated heterocycles. The monoisotopic (exact) mass is 277 g/mol. The van der Waals surface area contributed by atoms with E-state index in [-0.39, 0.29) is 0 Å². The van der Waals surface area contributed by atoms with Crippen LogP contribution in [0.5, 0.6) is 0 Å². The van der Waals surface area contributed by atoms with Crippen molar-refractivity contribution in [3.05, 3.63) is 18.2 Å². The Kier molecular flexibility index (Phi) is 4.10. The first-order valence-electron chi connectivity index (χ1n) is 7.83. The molecule has 0 spiro atoms. The zero-order valence-electron chi connectivity index (χ0n) is 12.7. The van der Waals surface area contributed by atoms with E-state index in [9.17, 15) is 0 Å². The smallest absolute Gasteiger partial charge is 0.0951 e. The van der Waals surface area contributed by atoms with Gasteiger partial charge >= 0.3 is 0 Å². The van der Waals surface area contributed by atoms with E-state index in [0.717, 1.165) is 0 Å². The van der Waals surface area contributed by atoms with Crippen molar-refractivity contribution in [1.29, 1.82) is 0 Å². The van der Waals surface area contributed by atoms with Crippen LogP contribution in [0.4, 0.5) is 0 Å². The average Bonchev–Trinajstić information content (AvgIpc) is 3.19. The Bertz CT molecular complexity index is 431. The van der Waals surface area contributed by atoms with Crippen LogP contribution in [-0.4, -0.2) is 59.1 Å². The highest BCUT2D eigenvalue weighted by Crippen LogP contribution is 2.38. The van der Waals surface area contributed by atoms with Crippen molar-refractivity contribution in [1.82, 2.24) is 19.4 Å². The molecule has 2 heterocycles. The van der Waals surface area contributed by atoms with Crippen molar-refractivity contribution in [2.75, 3.05) is 33.7 Å². The Morgan fingerprint density at radius 2 is 2.05 bits per heavy atom. The highest BCUT2D eigenvalue weighted by atomic mass is 15.2. The summed E-state index contributed by atoms with van der Waals surface area (Å²) in [6, 6.07) is 1.61. The zero-order chi connectivity index (χ0) is 14.1. The van der Waals surface area contributed by atoms with Gasteiger partial charge in [0.2, 0.25) is 0 Å². The molecule has 1 atom stereocenters. The molecule has 1 aliphatic carbocycles. The van der Waals surface area contributed by atoms with Gasteiger partial charge in [0.25, 0.3) is 0 Å². The highest BCUT2D eigenvalue weighted by molar-refractivity contribution is 5.10. The summed E-state index contributed by atoms with van der Waals surface area (Å²) in [6.45, 7) is 3.05. The topological polar surface area (TPSA) is 50.3 Å². The van der Waals surface area contributed by atoms with Crippen molar-refractivity contribution >= 4 is 0 Å². The van der Waals surface area contributed by atoms with Crippen LogP contribution in [0.2, 0.25) is 0 Å². The maximum atomic E-state index is 6.10. The highest BCUT2D eigenvalue weighted by Gasteiger charge is 2.31. The van der Waals surface area contributed by atoms with E-state index in [2.05, 4.69) is 33.4 Å². The largest absolute Gasteiger partial charge is 0.330 e. The fourth-order valence-electron chi connectivity index (χ4n) is 3.38. The van der Waals surface area contributed by atoms with E-state index in [0.29, 0.717) is 24.7 Å². The minimum atomic E-state index is 0.298. The number of nitrogens with zero attached hydrogens (tertiary/aromatic N) is 4. The van der Waals surface area contributed by atoms with Gasteiger partial charge in [0.05, 0.1) is 18.1 Å². The predicted molar refractivity (Wildman–Crippen MR) is 80.6 cm³/mol. The van der Waals surface area contributed by atoms with Gasteiger partial charge in [0, 0.05) is 24.8 Å². The molecule has 3 rings (SSSR count). The fraction of sp³-hybridized carbons (Fsp3) is 0.800. The maximum absolute atomic E-state index is 6.10. The lowest BCUT2D eigenvalue weighted by Crippen LogP contribution is -2.45. The molecule has 2 fully saturated rings. The van der Waals surface area contributed by atoms with Gasteiger partial charge in [-0.3, -0.25) is 4.90 Å². The van der Waals surface area contributed by atoms with Gasteiger partial charge in [0.15, 0.2) is 0 Å². The first-order chi connectivity index (χ1) is 9.70. The first kappa shape index (κ1) is 14.0. The molecular formula is C15H27N5. The number of likely N-dealkylation sites (N-methyl/N-ethyl adjacent to an activating group) is 1. The van der Waals surface area contributed by atoms with Crippen LogP contribution in [0, 0.1) is 0 Å². The van der Waals surface area contributed by atoms with Crippen LogP contribution in [0.25, 0.3) is 0 Å². The second-order valence-electron chi connectivity index (χ2n) is 6.41. The first-order valence-corrected chi connectivity index (χ1v) is 7.83. The van der Waals surface area contributed by atoms with Gasteiger partial charge in [-0.05, 0) is 52.9 Å². The molecule has 0 aromatic carbocycles. The third-order valence-corrected chi connectivity index (χ3v) is 4.96. The molecule has 112 valence electrons. The van der Waals surface area contributed by atoms with E-state index in [1.54, 1.807) is 0 Å². The van der Waals surface area contributed by atoms with Crippen molar-refractivity contribution < 1.29 is 0 Å². The molecule has 0 radical (unpaired) electrons. The molecule has 2 aliphatic rings. The Hall–Kier alpha value is -0.910. The number of imidazole rings is 1. The van der Waals surface area contributed by atoms with Crippen molar-refractivity contribution in [2.45, 2.75) is 43.8 Å². The lowest BCUT2D eigenvalue weighted by Gasteiger charge is -2.39. The molecule has 1 aliphatic heterocycles. The number of piperidine rings is 1. The van der Waals surface area contributed by atoms with Crippen molar-refractivity contribution in [2.24, 2.45) is 5.73 Å². The zero-order valence-corrected chi connectivity index (χ0v) is 12.7. The minimum absolute atomic E-state index is 0.298. The summed E-state index contributed by atoms with van der Waals surface area (Å²) in [5.74, 6) is 0. The molecule has 5 heteroatoms. The summed E-state index contributed by atoms with van der Waals surface area (Å²) in [7, 11) is 4.44. The molecule has 5 nitrogen and oxygen atoms in total. The second kappa shape index (κ2) is 5.84. The van der Waals surface area contributed by atoms with Crippen LogP contribution >= 0.6 is 0 Å². The summed E-state index contributed by atoms with van der Waals surface area (Å²) in [5, 5.41) is 0. The van der Waals surface area contributed by atoms with Crippen LogP contribution in [-0.2, 0) is 0 Å². The average molecular weight is 277 g/mol. The molecule has 20 heavy (non-hydrogen) atoms. The van der Waals surface area contributed by atoms with Crippen LogP contribution in [0.1, 0.15) is 43.5 Å². The molecule has 1 aromatic rings. The molecule has 1 saturated carbocycles. The summed E-state index contributed by atoms with van der Waals surface area (Å²) in [6.07, 6.45) is 9.05. The Balaban J connectivity index is 1.73. The number of hydrogen-bond acceptors (Lipinski definition) is 4. The number of likely N-dealkylation sites (tertiary alicyclic amines) is 1. The van der Waals surface area contributed by atoms with Gasteiger partial charge in [-0.2, -0.15) is 0 Å². The number of rotatable bonds is 5. The van der Waals surface area contributed by atoms with Crippen LogP contribution in [0.15, 0.2) is 12.5 Å². The van der Waals surface area contributed by atoms with Crippen molar-refractivity contribution in [3.63, 3.8) is 0 Å². The SMILES string of the molecule is CN1CCC(N(C)C(CN)c2cncn2C2CC2)CC1. The molecule has 1 aromatic heterocycles. The van der Waals surface area contributed by atoms with Gasteiger partial charge in [-0.1, -0.05) is 0 Å². The molecule has 2 N–H and O–H groups in total. The summed E-state index contributed by atoms with van der Waals surface area (Å²) < 4.78 is 2.35. The summed E-state index contributed by atoms with van der Waals surface area (Å²) in [5.41, 5.74) is 7.40. The van der Waals surface area contributed by atoms with Crippen LogP contribution < -0.4 is 5.73 Å². The van der Waals surface area contributed by atoms with Gasteiger partial charge in [0.1, 0.15) is 0 Å². The summed E-state index contributed by atoms with van der Waals surface area (Å²) >= 11 is 0. The quantitative estimate of drug-likeness (QED) is 0.880. The third kappa shape index (κ3) is 2.75. The van der Waals surface area contributed by atoms with Crippen molar-refractivity contribution in [3.8, 4) is 0 Å². The second-order valence-corrected chi connectivity index (χ2v) is 6.41. The van der Waals surface area contributed by atoms with Gasteiger partial charge < -0.3 is 15.2 Å². The Morgan fingerprint density at radius 1 is 1.35 bits per heavy atom. The Morgan fingerprint density at radius 3 is 2.65 bits per heavy atom. The lowest BCUT2D eigenvalue weighted by molar-refractivity contribution is 0.106. The normalized spacial score (nSPS) is 23.4. The van der Waals surface area contributed by atoms with E-state index in [4.69, 9.17) is 5.73 Å². The minimum Gasteiger partial charge on any atom is -0.330 e. The molecule has 1 unspecified atom stereocenters. The van der Waals surface area contributed by atoms with Gasteiger partial charge in [-0.25, -0.2) is 4.98 Å². The van der Waals surface area contributed by atoms with E-state index in [1.807, 2.05) is 12.5 Å². The number of nitrogens with two attached hydrogens (primary N) is 1. The summed E-state index contributed by atoms with van der Waals surface area (Å²) in [4.78, 5) is 9.27. The van der Waals surface area contributed by atoms with Gasteiger partial charge in [-0.15, -0.1) is 0 Å². The standard InChI is InChI=1S/C15H27N5/c1-18-7-5-12(6-8-18)19(2)14(9-16)15-10-17-11-20(15)13-3-4-13/h10-14H,3-9,16H2,1-2H3. The van der Waals surface area contributed by atoms with E-state index < -0.39 is 0 Å². The molecule has 0 bridgehead atoms. The maximum Gasteiger partial charge on any atom is 0.0951 e. The number of hydrogen-bond donors (Lipinski definition) is 1. The van der Waals surface area contributed by atoms with E-state index >= 15 is 0 Å². The molecule has 0 amide bonds. The third-order valence-electron chi connectivity index (χ3n) is 4.96. The molecular weight excluding hydrogens is 250 g/mol. The van der Waals surface area contributed by atoms with E-state index in [1.165, 1.54) is 44.5 Å². The predicted octanol–water partition coefficient (Wildman–Crippen LogP) is 1.24. The van der Waals surface area contributed by atoms with Crippen LogP contribution in [0.3, 0.4) is 0 Å². The number of aromatic nitrogens is 2. The Labute approximate surface area is 121 Å².